The second kappa shape index (κ2) is 7.24. The third-order valence-electron chi connectivity index (χ3n) is 3.82. The third kappa shape index (κ3) is 3.56. The molecule has 110 valence electrons. The van der Waals surface area contributed by atoms with Gasteiger partial charge in [-0.3, -0.25) is 0 Å². The monoisotopic (exact) mass is 295 g/mol. The van der Waals surface area contributed by atoms with E-state index in [9.17, 15) is 5.26 Å². The van der Waals surface area contributed by atoms with Gasteiger partial charge in [0.2, 0.25) is 0 Å². The Morgan fingerprint density at radius 2 is 1.13 bits per heavy atom. The highest BCUT2D eigenvalue weighted by Gasteiger charge is 2.12. The molecule has 0 N–H and O–H groups in total. The SMILES string of the molecule is N#CC(=C(Cc1ccccc1)c1ccccc1)c1ccccc1. The summed E-state index contributed by atoms with van der Waals surface area (Å²) < 4.78 is 0. The van der Waals surface area contributed by atoms with Crippen LogP contribution in [0.1, 0.15) is 16.7 Å². The van der Waals surface area contributed by atoms with Gasteiger partial charge in [-0.05, 0) is 28.7 Å². The smallest absolute Gasteiger partial charge is 0.100 e. The van der Waals surface area contributed by atoms with Crippen molar-refractivity contribution in [2.24, 2.45) is 0 Å². The summed E-state index contributed by atoms with van der Waals surface area (Å²) in [6.07, 6.45) is 0.739. The maximum absolute atomic E-state index is 9.78. The zero-order valence-electron chi connectivity index (χ0n) is 12.8. The highest BCUT2D eigenvalue weighted by Crippen LogP contribution is 2.29. The first-order valence-electron chi connectivity index (χ1n) is 7.66. The summed E-state index contributed by atoms with van der Waals surface area (Å²) in [5, 5.41) is 9.78. The zero-order valence-corrected chi connectivity index (χ0v) is 12.8. The molecule has 0 atom stereocenters. The standard InChI is InChI=1S/C22H17N/c23-17-22(20-14-8-3-9-15-20)21(19-12-6-2-7-13-19)16-18-10-4-1-5-11-18/h1-15H,16H2. The van der Waals surface area contributed by atoms with Crippen LogP contribution >= 0.6 is 0 Å². The molecule has 3 rings (SSSR count). The summed E-state index contributed by atoms with van der Waals surface area (Å²) >= 11 is 0. The molecule has 0 spiro atoms. The Kier molecular flexibility index (Phi) is 4.66. The van der Waals surface area contributed by atoms with Crippen LogP contribution in [0, 0.1) is 11.3 Å². The van der Waals surface area contributed by atoms with Gasteiger partial charge in [0.25, 0.3) is 0 Å². The molecule has 0 heterocycles. The molecule has 0 aromatic heterocycles. The molecule has 0 unspecified atom stereocenters. The Balaban J connectivity index is 2.15. The highest BCUT2D eigenvalue weighted by molar-refractivity contribution is 5.97. The molecule has 0 bridgehead atoms. The lowest BCUT2D eigenvalue weighted by molar-refractivity contribution is 1.28. The number of nitrogens with zero attached hydrogens (tertiary/aromatic N) is 1. The number of benzene rings is 3. The minimum atomic E-state index is 0.737. The van der Waals surface area contributed by atoms with E-state index >= 15 is 0 Å². The van der Waals surface area contributed by atoms with Crippen molar-refractivity contribution in [3.05, 3.63) is 108 Å². The highest BCUT2D eigenvalue weighted by atomic mass is 14.3. The number of allylic oxidation sites excluding steroid dienone is 2. The summed E-state index contributed by atoms with van der Waals surface area (Å²) in [5.74, 6) is 0. The van der Waals surface area contributed by atoms with Crippen molar-refractivity contribution >= 4 is 11.1 Å². The number of rotatable bonds is 4. The molecular weight excluding hydrogens is 278 g/mol. The van der Waals surface area contributed by atoms with Gasteiger partial charge in [-0.2, -0.15) is 5.26 Å². The van der Waals surface area contributed by atoms with Crippen molar-refractivity contribution in [2.45, 2.75) is 6.42 Å². The fourth-order valence-corrected chi connectivity index (χ4v) is 2.69. The molecule has 1 nitrogen and oxygen atoms in total. The molecule has 3 aromatic rings. The predicted molar refractivity (Wildman–Crippen MR) is 95.5 cm³/mol. The van der Waals surface area contributed by atoms with E-state index < -0.39 is 0 Å². The number of nitriles is 1. The Hall–Kier alpha value is -3.11. The average Bonchev–Trinajstić information content (AvgIpc) is 2.64. The van der Waals surface area contributed by atoms with Gasteiger partial charge in [0.1, 0.15) is 6.07 Å². The fraction of sp³-hybridized carbons (Fsp3) is 0.0455. The largest absolute Gasteiger partial charge is 0.192 e. The lowest BCUT2D eigenvalue weighted by atomic mass is 9.91. The van der Waals surface area contributed by atoms with Crippen LogP contribution < -0.4 is 0 Å². The minimum Gasteiger partial charge on any atom is -0.192 e. The van der Waals surface area contributed by atoms with E-state index in [1.807, 2.05) is 66.7 Å². The van der Waals surface area contributed by atoms with E-state index in [-0.39, 0.29) is 0 Å². The molecular formula is C22H17N. The van der Waals surface area contributed by atoms with Crippen LogP contribution in [0.15, 0.2) is 91.0 Å². The molecule has 0 aliphatic rings. The van der Waals surface area contributed by atoms with Gasteiger partial charge in [0.15, 0.2) is 0 Å². The van der Waals surface area contributed by atoms with Crippen LogP contribution in [0.4, 0.5) is 0 Å². The lowest BCUT2D eigenvalue weighted by Crippen LogP contribution is -1.96. The minimum absolute atomic E-state index is 0.737. The molecule has 0 radical (unpaired) electrons. The summed E-state index contributed by atoms with van der Waals surface area (Å²) in [6.45, 7) is 0. The van der Waals surface area contributed by atoms with Crippen LogP contribution in [0.25, 0.3) is 11.1 Å². The molecule has 23 heavy (non-hydrogen) atoms. The Morgan fingerprint density at radius 1 is 0.652 bits per heavy atom. The van der Waals surface area contributed by atoms with Gasteiger partial charge in [0, 0.05) is 0 Å². The Morgan fingerprint density at radius 3 is 1.65 bits per heavy atom. The van der Waals surface area contributed by atoms with Crippen molar-refractivity contribution in [1.29, 1.82) is 5.26 Å². The van der Waals surface area contributed by atoms with Crippen molar-refractivity contribution in [2.75, 3.05) is 0 Å². The quantitative estimate of drug-likeness (QED) is 0.469. The molecule has 0 amide bonds. The first kappa shape index (κ1) is 14.8. The predicted octanol–water partition coefficient (Wildman–Crippen LogP) is 5.36. The normalized spacial score (nSPS) is 11.4. The van der Waals surface area contributed by atoms with E-state index in [1.165, 1.54) is 5.56 Å². The second-order valence-electron chi connectivity index (χ2n) is 5.36. The topological polar surface area (TPSA) is 23.8 Å². The van der Waals surface area contributed by atoms with Gasteiger partial charge >= 0.3 is 0 Å². The zero-order chi connectivity index (χ0) is 15.9. The summed E-state index contributed by atoms with van der Waals surface area (Å²) in [6, 6.07) is 32.8. The lowest BCUT2D eigenvalue weighted by Gasteiger charge is -2.12. The van der Waals surface area contributed by atoms with Gasteiger partial charge in [-0.1, -0.05) is 91.0 Å². The van der Waals surface area contributed by atoms with Crippen LogP contribution in [0.3, 0.4) is 0 Å². The molecule has 0 fully saturated rings. The van der Waals surface area contributed by atoms with E-state index in [4.69, 9.17) is 0 Å². The molecule has 1 heteroatoms. The van der Waals surface area contributed by atoms with Crippen molar-refractivity contribution in [3.8, 4) is 6.07 Å². The van der Waals surface area contributed by atoms with Gasteiger partial charge in [-0.15, -0.1) is 0 Å². The van der Waals surface area contributed by atoms with Gasteiger partial charge < -0.3 is 0 Å². The van der Waals surface area contributed by atoms with Crippen LogP contribution in [0.2, 0.25) is 0 Å². The van der Waals surface area contributed by atoms with Crippen LogP contribution in [0.5, 0.6) is 0 Å². The maximum atomic E-state index is 9.78. The Labute approximate surface area is 137 Å². The number of hydrogen-bond donors (Lipinski definition) is 0. The number of hydrogen-bond acceptors (Lipinski definition) is 1. The van der Waals surface area contributed by atoms with Crippen LogP contribution in [-0.2, 0) is 6.42 Å². The second-order valence-corrected chi connectivity index (χ2v) is 5.36. The maximum Gasteiger partial charge on any atom is 0.100 e. The van der Waals surface area contributed by atoms with E-state index in [1.54, 1.807) is 0 Å². The third-order valence-corrected chi connectivity index (χ3v) is 3.82. The fourth-order valence-electron chi connectivity index (χ4n) is 2.69. The first-order valence-corrected chi connectivity index (χ1v) is 7.66. The molecule has 3 aromatic carbocycles. The van der Waals surface area contributed by atoms with Crippen molar-refractivity contribution in [3.63, 3.8) is 0 Å². The summed E-state index contributed by atoms with van der Waals surface area (Å²) in [4.78, 5) is 0. The molecule has 0 aliphatic carbocycles. The first-order chi connectivity index (χ1) is 11.4. The van der Waals surface area contributed by atoms with E-state index in [2.05, 4.69) is 30.3 Å². The molecule has 0 aliphatic heterocycles. The van der Waals surface area contributed by atoms with Gasteiger partial charge in [-0.25, -0.2) is 0 Å². The van der Waals surface area contributed by atoms with E-state index in [0.717, 1.165) is 28.7 Å². The summed E-state index contributed by atoms with van der Waals surface area (Å²) in [5.41, 5.74) is 5.06. The average molecular weight is 295 g/mol. The molecule has 0 saturated carbocycles. The molecule has 0 saturated heterocycles. The van der Waals surface area contributed by atoms with Crippen molar-refractivity contribution in [1.82, 2.24) is 0 Å². The van der Waals surface area contributed by atoms with Crippen molar-refractivity contribution < 1.29 is 0 Å². The summed E-state index contributed by atoms with van der Waals surface area (Å²) in [7, 11) is 0. The van der Waals surface area contributed by atoms with Crippen LogP contribution in [-0.4, -0.2) is 0 Å². The Bertz CT molecular complexity index is 825. The van der Waals surface area contributed by atoms with Gasteiger partial charge in [0.05, 0.1) is 5.57 Å². The van der Waals surface area contributed by atoms with E-state index in [0.29, 0.717) is 0 Å².